The van der Waals surface area contributed by atoms with Gasteiger partial charge in [-0.2, -0.15) is 0 Å². The Labute approximate surface area is 95.2 Å². The van der Waals surface area contributed by atoms with Crippen LogP contribution in [0.4, 0.5) is 8.78 Å². The van der Waals surface area contributed by atoms with Crippen molar-refractivity contribution in [3.8, 4) is 0 Å². The number of alkyl halides is 2. The third-order valence-corrected chi connectivity index (χ3v) is 2.77. The molecule has 0 fully saturated rings. The molecule has 96 valence electrons. The lowest BCUT2D eigenvalue weighted by Gasteiger charge is -2.26. The molecule has 5 heteroatoms. The molecule has 0 bridgehead atoms. The van der Waals surface area contributed by atoms with Crippen molar-refractivity contribution >= 4 is 5.91 Å². The van der Waals surface area contributed by atoms with Crippen LogP contribution >= 0.6 is 0 Å². The van der Waals surface area contributed by atoms with E-state index in [1.807, 2.05) is 27.7 Å². The van der Waals surface area contributed by atoms with E-state index in [0.29, 0.717) is 0 Å². The Bertz CT molecular complexity index is 227. The van der Waals surface area contributed by atoms with Crippen molar-refractivity contribution in [2.75, 3.05) is 6.54 Å². The topological polar surface area (TPSA) is 49.3 Å². The Morgan fingerprint density at radius 2 is 1.88 bits per heavy atom. The Kier molecular flexibility index (Phi) is 5.86. The van der Waals surface area contributed by atoms with Crippen molar-refractivity contribution < 1.29 is 18.7 Å². The van der Waals surface area contributed by atoms with Crippen molar-refractivity contribution in [1.82, 2.24) is 5.32 Å². The van der Waals surface area contributed by atoms with E-state index in [1.54, 1.807) is 0 Å². The van der Waals surface area contributed by atoms with Gasteiger partial charge in [0, 0.05) is 13.0 Å². The second-order valence-corrected chi connectivity index (χ2v) is 5.18. The van der Waals surface area contributed by atoms with Gasteiger partial charge in [-0.15, -0.1) is 0 Å². The maximum atomic E-state index is 11.9. The summed E-state index contributed by atoms with van der Waals surface area (Å²) >= 11 is 0. The Hall–Kier alpha value is -0.710. The van der Waals surface area contributed by atoms with Gasteiger partial charge in [0.25, 0.3) is 6.43 Å². The summed E-state index contributed by atoms with van der Waals surface area (Å²) < 4.78 is 23.9. The minimum absolute atomic E-state index is 0.00132. The standard InChI is InChI=1S/C11H21F2NO2/c1-7(11(2,3)4)5-9(16)14-6-8(15)10(12)13/h7-8,10,15H,5-6H2,1-4H3,(H,14,16). The van der Waals surface area contributed by atoms with Crippen LogP contribution in [-0.4, -0.2) is 30.1 Å². The van der Waals surface area contributed by atoms with Crippen LogP contribution in [0.2, 0.25) is 0 Å². The van der Waals surface area contributed by atoms with Crippen LogP contribution in [-0.2, 0) is 4.79 Å². The molecule has 0 aromatic carbocycles. The maximum Gasteiger partial charge on any atom is 0.265 e. The van der Waals surface area contributed by atoms with Gasteiger partial charge in [0.1, 0.15) is 6.10 Å². The maximum absolute atomic E-state index is 11.9. The first-order valence-corrected chi connectivity index (χ1v) is 5.37. The second-order valence-electron chi connectivity index (χ2n) is 5.18. The van der Waals surface area contributed by atoms with E-state index >= 15 is 0 Å². The zero-order valence-electron chi connectivity index (χ0n) is 10.3. The average Bonchev–Trinajstić information content (AvgIpc) is 2.12. The molecule has 0 aliphatic heterocycles. The van der Waals surface area contributed by atoms with Gasteiger partial charge >= 0.3 is 0 Å². The minimum atomic E-state index is -2.82. The number of hydrogen-bond donors (Lipinski definition) is 2. The number of carbonyl (C=O) groups excluding carboxylic acids is 1. The molecule has 0 radical (unpaired) electrons. The van der Waals surface area contributed by atoms with Crippen LogP contribution in [0.1, 0.15) is 34.1 Å². The average molecular weight is 237 g/mol. The smallest absolute Gasteiger partial charge is 0.265 e. The Balaban J connectivity index is 3.92. The normalized spacial score (nSPS) is 16.0. The molecule has 0 aromatic rings. The Morgan fingerprint density at radius 3 is 2.25 bits per heavy atom. The molecule has 0 aliphatic carbocycles. The highest BCUT2D eigenvalue weighted by atomic mass is 19.3. The molecule has 0 saturated carbocycles. The molecule has 3 nitrogen and oxygen atoms in total. The number of halogens is 2. The van der Waals surface area contributed by atoms with E-state index in [-0.39, 0.29) is 23.7 Å². The van der Waals surface area contributed by atoms with Gasteiger partial charge in [0.2, 0.25) is 5.91 Å². The monoisotopic (exact) mass is 237 g/mol. The van der Waals surface area contributed by atoms with E-state index in [4.69, 9.17) is 5.11 Å². The number of nitrogens with one attached hydrogen (secondary N) is 1. The first kappa shape index (κ1) is 15.3. The molecule has 0 heterocycles. The van der Waals surface area contributed by atoms with Crippen LogP contribution < -0.4 is 5.32 Å². The van der Waals surface area contributed by atoms with E-state index < -0.39 is 19.1 Å². The van der Waals surface area contributed by atoms with Gasteiger partial charge in [-0.1, -0.05) is 27.7 Å². The summed E-state index contributed by atoms with van der Waals surface area (Å²) in [7, 11) is 0. The zero-order chi connectivity index (χ0) is 12.9. The molecular weight excluding hydrogens is 216 g/mol. The number of carbonyl (C=O) groups is 1. The van der Waals surface area contributed by atoms with E-state index in [0.717, 1.165) is 0 Å². The summed E-state index contributed by atoms with van der Waals surface area (Å²) in [5, 5.41) is 11.1. The highest BCUT2D eigenvalue weighted by molar-refractivity contribution is 5.76. The van der Waals surface area contributed by atoms with Crippen molar-refractivity contribution in [2.24, 2.45) is 11.3 Å². The van der Waals surface area contributed by atoms with Gasteiger partial charge in [-0.05, 0) is 11.3 Å². The SMILES string of the molecule is CC(CC(=O)NCC(O)C(F)F)C(C)(C)C. The van der Waals surface area contributed by atoms with Crippen LogP contribution in [0, 0.1) is 11.3 Å². The molecule has 16 heavy (non-hydrogen) atoms. The predicted octanol–water partition coefficient (Wildman–Crippen LogP) is 1.80. The summed E-state index contributed by atoms with van der Waals surface area (Å²) in [5.74, 6) is -0.154. The molecule has 2 N–H and O–H groups in total. The van der Waals surface area contributed by atoms with Gasteiger partial charge in [0.05, 0.1) is 0 Å². The van der Waals surface area contributed by atoms with Crippen LogP contribution in [0.15, 0.2) is 0 Å². The molecule has 1 amide bonds. The summed E-state index contributed by atoms with van der Waals surface area (Å²) in [5.41, 5.74) is -0.00132. The van der Waals surface area contributed by atoms with Crippen LogP contribution in [0.5, 0.6) is 0 Å². The van der Waals surface area contributed by atoms with Crippen molar-refractivity contribution in [3.63, 3.8) is 0 Å². The number of aliphatic hydroxyl groups is 1. The van der Waals surface area contributed by atoms with E-state index in [9.17, 15) is 13.6 Å². The van der Waals surface area contributed by atoms with Crippen LogP contribution in [0.3, 0.4) is 0 Å². The third-order valence-electron chi connectivity index (χ3n) is 2.77. The highest BCUT2D eigenvalue weighted by Gasteiger charge is 2.23. The quantitative estimate of drug-likeness (QED) is 0.766. The van der Waals surface area contributed by atoms with Crippen molar-refractivity contribution in [2.45, 2.75) is 46.6 Å². The van der Waals surface area contributed by atoms with Crippen molar-refractivity contribution in [3.05, 3.63) is 0 Å². The van der Waals surface area contributed by atoms with Gasteiger partial charge in [-0.3, -0.25) is 4.79 Å². The predicted molar refractivity (Wildman–Crippen MR) is 58.3 cm³/mol. The first-order valence-electron chi connectivity index (χ1n) is 5.37. The molecule has 0 aromatic heterocycles. The molecule has 0 rings (SSSR count). The van der Waals surface area contributed by atoms with E-state index in [1.165, 1.54) is 0 Å². The molecule has 0 spiro atoms. The van der Waals surface area contributed by atoms with Gasteiger partial charge in [0.15, 0.2) is 0 Å². The molecular formula is C11H21F2NO2. The summed E-state index contributed by atoms with van der Waals surface area (Å²) in [6, 6.07) is 0. The Morgan fingerprint density at radius 1 is 1.38 bits per heavy atom. The number of amides is 1. The number of hydrogen-bond acceptors (Lipinski definition) is 2. The fraction of sp³-hybridized carbons (Fsp3) is 0.909. The number of rotatable bonds is 5. The zero-order valence-corrected chi connectivity index (χ0v) is 10.3. The molecule has 2 atom stereocenters. The lowest BCUT2D eigenvalue weighted by Crippen LogP contribution is -2.37. The summed E-state index contributed by atoms with van der Waals surface area (Å²) in [6.45, 7) is 7.58. The molecule has 0 saturated heterocycles. The summed E-state index contributed by atoms with van der Waals surface area (Å²) in [4.78, 5) is 11.4. The first-order chi connectivity index (χ1) is 7.14. The van der Waals surface area contributed by atoms with Gasteiger partial charge < -0.3 is 10.4 Å². The van der Waals surface area contributed by atoms with Crippen LogP contribution in [0.25, 0.3) is 0 Å². The van der Waals surface area contributed by atoms with Gasteiger partial charge in [-0.25, -0.2) is 8.78 Å². The van der Waals surface area contributed by atoms with Crippen molar-refractivity contribution in [1.29, 1.82) is 0 Å². The minimum Gasteiger partial charge on any atom is -0.385 e. The van der Waals surface area contributed by atoms with E-state index in [2.05, 4.69) is 5.32 Å². The molecule has 2 unspecified atom stereocenters. The largest absolute Gasteiger partial charge is 0.385 e. The fourth-order valence-electron chi connectivity index (χ4n) is 0.964. The number of aliphatic hydroxyl groups excluding tert-OH is 1. The second kappa shape index (κ2) is 6.13. The summed E-state index contributed by atoms with van der Waals surface area (Å²) in [6.07, 6.45) is -4.33. The lowest BCUT2D eigenvalue weighted by atomic mass is 9.80. The third kappa shape index (κ3) is 6.00. The molecule has 0 aliphatic rings. The lowest BCUT2D eigenvalue weighted by molar-refractivity contribution is -0.123. The highest BCUT2D eigenvalue weighted by Crippen LogP contribution is 2.27. The fourth-order valence-corrected chi connectivity index (χ4v) is 0.964.